The molecule has 7 heteroatoms. The standard InChI is InChI=1S/C17H25NO5S/c1-3-4-13-23-14-8-10-15(11-9-14)24(20,21)18-12-6-5-7-16(18)17(19)22-2/h8-11,16H,3-7,12-13H2,1-2H3. The van der Waals surface area contributed by atoms with Crippen molar-refractivity contribution in [3.8, 4) is 5.75 Å². The van der Waals surface area contributed by atoms with Gasteiger partial charge in [-0.15, -0.1) is 0 Å². The van der Waals surface area contributed by atoms with Gasteiger partial charge >= 0.3 is 5.97 Å². The number of hydrogen-bond donors (Lipinski definition) is 0. The van der Waals surface area contributed by atoms with E-state index in [1.807, 2.05) is 0 Å². The number of hydrogen-bond acceptors (Lipinski definition) is 5. The number of sulfonamides is 1. The molecule has 1 atom stereocenters. The van der Waals surface area contributed by atoms with Gasteiger partial charge in [-0.1, -0.05) is 13.3 Å². The van der Waals surface area contributed by atoms with Gasteiger partial charge in [0.15, 0.2) is 0 Å². The second-order valence-electron chi connectivity index (χ2n) is 5.82. The molecule has 134 valence electrons. The van der Waals surface area contributed by atoms with Crippen LogP contribution in [0, 0.1) is 0 Å². The number of benzene rings is 1. The molecule has 0 spiro atoms. The van der Waals surface area contributed by atoms with Crippen LogP contribution in [0.1, 0.15) is 39.0 Å². The zero-order valence-corrected chi connectivity index (χ0v) is 15.0. The fraction of sp³-hybridized carbons (Fsp3) is 0.588. The third-order valence-corrected chi connectivity index (χ3v) is 6.05. The molecular formula is C17H25NO5S. The molecule has 24 heavy (non-hydrogen) atoms. The Morgan fingerprint density at radius 2 is 1.96 bits per heavy atom. The highest BCUT2D eigenvalue weighted by Gasteiger charge is 2.38. The van der Waals surface area contributed by atoms with E-state index in [4.69, 9.17) is 9.47 Å². The Kier molecular flexibility index (Phi) is 6.62. The highest BCUT2D eigenvalue weighted by molar-refractivity contribution is 7.89. The Morgan fingerprint density at radius 1 is 1.25 bits per heavy atom. The zero-order valence-electron chi connectivity index (χ0n) is 14.2. The smallest absolute Gasteiger partial charge is 0.324 e. The van der Waals surface area contributed by atoms with E-state index in [0.29, 0.717) is 25.3 Å². The lowest BCUT2D eigenvalue weighted by atomic mass is 10.1. The average Bonchev–Trinajstić information content (AvgIpc) is 2.61. The van der Waals surface area contributed by atoms with Gasteiger partial charge in [0.2, 0.25) is 10.0 Å². The van der Waals surface area contributed by atoms with Crippen LogP contribution < -0.4 is 4.74 Å². The van der Waals surface area contributed by atoms with Crippen LogP contribution in [0.15, 0.2) is 29.2 Å². The van der Waals surface area contributed by atoms with Crippen LogP contribution in [0.5, 0.6) is 5.75 Å². The summed E-state index contributed by atoms with van der Waals surface area (Å²) >= 11 is 0. The number of unbranched alkanes of at least 4 members (excludes halogenated alkanes) is 1. The van der Waals surface area contributed by atoms with Crippen LogP contribution in [0.4, 0.5) is 0 Å². The molecule has 0 bridgehead atoms. The lowest BCUT2D eigenvalue weighted by molar-refractivity contribution is -0.146. The lowest BCUT2D eigenvalue weighted by Gasteiger charge is -2.32. The fourth-order valence-electron chi connectivity index (χ4n) is 2.74. The third kappa shape index (κ3) is 4.27. The van der Waals surface area contributed by atoms with E-state index >= 15 is 0 Å². The monoisotopic (exact) mass is 355 g/mol. The Bertz CT molecular complexity index is 641. The van der Waals surface area contributed by atoms with E-state index in [0.717, 1.165) is 25.7 Å². The first-order chi connectivity index (χ1) is 11.5. The first-order valence-corrected chi connectivity index (χ1v) is 9.77. The van der Waals surface area contributed by atoms with Gasteiger partial charge in [0.1, 0.15) is 11.8 Å². The zero-order chi connectivity index (χ0) is 17.6. The largest absolute Gasteiger partial charge is 0.494 e. The van der Waals surface area contributed by atoms with Gasteiger partial charge in [-0.2, -0.15) is 4.31 Å². The minimum atomic E-state index is -3.73. The Morgan fingerprint density at radius 3 is 2.58 bits per heavy atom. The van der Waals surface area contributed by atoms with Gasteiger partial charge in [-0.05, 0) is 49.9 Å². The molecule has 1 fully saturated rings. The van der Waals surface area contributed by atoms with E-state index in [-0.39, 0.29) is 4.90 Å². The van der Waals surface area contributed by atoms with E-state index in [1.165, 1.54) is 23.5 Å². The summed E-state index contributed by atoms with van der Waals surface area (Å²) in [6, 6.07) is 5.62. The van der Waals surface area contributed by atoms with Crippen LogP contribution in [-0.4, -0.2) is 45.0 Å². The van der Waals surface area contributed by atoms with Crippen LogP contribution in [0.25, 0.3) is 0 Å². The number of esters is 1. The van der Waals surface area contributed by atoms with Gasteiger partial charge in [0, 0.05) is 6.54 Å². The Balaban J connectivity index is 2.17. The summed E-state index contributed by atoms with van der Waals surface area (Å²) in [6.07, 6.45) is 4.04. The van der Waals surface area contributed by atoms with E-state index in [2.05, 4.69) is 6.92 Å². The topological polar surface area (TPSA) is 72.9 Å². The number of piperidine rings is 1. The maximum absolute atomic E-state index is 12.9. The van der Waals surface area contributed by atoms with Crippen LogP contribution in [0.3, 0.4) is 0 Å². The summed E-state index contributed by atoms with van der Waals surface area (Å²) in [7, 11) is -2.45. The van der Waals surface area contributed by atoms with Crippen LogP contribution >= 0.6 is 0 Å². The number of rotatable bonds is 7. The molecule has 1 aromatic rings. The van der Waals surface area contributed by atoms with Crippen molar-refractivity contribution < 1.29 is 22.7 Å². The molecule has 1 saturated heterocycles. The predicted molar refractivity (Wildman–Crippen MR) is 90.4 cm³/mol. The van der Waals surface area contributed by atoms with Crippen molar-refractivity contribution in [2.75, 3.05) is 20.3 Å². The summed E-state index contributed by atoms with van der Waals surface area (Å²) in [6.45, 7) is 3.02. The summed E-state index contributed by atoms with van der Waals surface area (Å²) in [5.74, 6) is 0.142. The minimum Gasteiger partial charge on any atom is -0.494 e. The van der Waals surface area contributed by atoms with Crippen molar-refractivity contribution in [2.45, 2.75) is 50.0 Å². The molecule has 1 aromatic carbocycles. The van der Waals surface area contributed by atoms with Crippen molar-refractivity contribution in [3.63, 3.8) is 0 Å². The highest BCUT2D eigenvalue weighted by atomic mass is 32.2. The molecule has 0 radical (unpaired) electrons. The molecule has 1 aliphatic rings. The number of carbonyl (C=O) groups is 1. The molecule has 0 aliphatic carbocycles. The van der Waals surface area contributed by atoms with Gasteiger partial charge in [-0.25, -0.2) is 8.42 Å². The molecule has 1 heterocycles. The summed E-state index contributed by atoms with van der Waals surface area (Å²) < 4.78 is 37.3. The number of nitrogens with zero attached hydrogens (tertiary/aromatic N) is 1. The molecule has 1 unspecified atom stereocenters. The first-order valence-electron chi connectivity index (χ1n) is 8.33. The first kappa shape index (κ1) is 18.7. The number of ether oxygens (including phenoxy) is 2. The molecule has 0 saturated carbocycles. The molecule has 2 rings (SSSR count). The van der Waals surface area contributed by atoms with E-state index in [1.54, 1.807) is 12.1 Å². The van der Waals surface area contributed by atoms with Crippen molar-refractivity contribution >= 4 is 16.0 Å². The van der Waals surface area contributed by atoms with E-state index in [9.17, 15) is 13.2 Å². The second-order valence-corrected chi connectivity index (χ2v) is 7.71. The number of carbonyl (C=O) groups excluding carboxylic acids is 1. The van der Waals surface area contributed by atoms with E-state index < -0.39 is 22.0 Å². The predicted octanol–water partition coefficient (Wildman–Crippen LogP) is 2.58. The summed E-state index contributed by atoms with van der Waals surface area (Å²) in [5.41, 5.74) is 0. The second kappa shape index (κ2) is 8.48. The Labute approximate surface area is 143 Å². The van der Waals surface area contributed by atoms with Crippen molar-refractivity contribution in [1.29, 1.82) is 0 Å². The van der Waals surface area contributed by atoms with Crippen molar-refractivity contribution in [2.24, 2.45) is 0 Å². The molecule has 1 aliphatic heterocycles. The average molecular weight is 355 g/mol. The van der Waals surface area contributed by atoms with Gasteiger partial charge in [0.25, 0.3) is 0 Å². The molecular weight excluding hydrogens is 330 g/mol. The van der Waals surface area contributed by atoms with Gasteiger partial charge < -0.3 is 9.47 Å². The molecule has 0 aromatic heterocycles. The Hall–Kier alpha value is -1.60. The molecule has 0 amide bonds. The highest BCUT2D eigenvalue weighted by Crippen LogP contribution is 2.27. The number of methoxy groups -OCH3 is 1. The third-order valence-electron chi connectivity index (χ3n) is 4.12. The lowest BCUT2D eigenvalue weighted by Crippen LogP contribution is -2.48. The SMILES string of the molecule is CCCCOc1ccc(S(=O)(=O)N2CCCCC2C(=O)OC)cc1. The molecule has 6 nitrogen and oxygen atoms in total. The quantitative estimate of drug-likeness (QED) is 0.555. The van der Waals surface area contributed by atoms with Gasteiger partial charge in [-0.3, -0.25) is 4.79 Å². The normalized spacial score (nSPS) is 19.0. The fourth-order valence-corrected chi connectivity index (χ4v) is 4.39. The minimum absolute atomic E-state index is 0.168. The van der Waals surface area contributed by atoms with Crippen LogP contribution in [0.2, 0.25) is 0 Å². The van der Waals surface area contributed by atoms with Crippen LogP contribution in [-0.2, 0) is 19.6 Å². The maximum Gasteiger partial charge on any atom is 0.324 e. The van der Waals surface area contributed by atoms with Gasteiger partial charge in [0.05, 0.1) is 18.6 Å². The maximum atomic E-state index is 12.9. The van der Waals surface area contributed by atoms with Crippen molar-refractivity contribution in [3.05, 3.63) is 24.3 Å². The summed E-state index contributed by atoms with van der Waals surface area (Å²) in [4.78, 5) is 12.1. The summed E-state index contributed by atoms with van der Waals surface area (Å²) in [5, 5.41) is 0. The van der Waals surface area contributed by atoms with Crippen molar-refractivity contribution in [1.82, 2.24) is 4.31 Å². The molecule has 0 N–H and O–H groups in total.